The molecule has 0 aliphatic carbocycles. The van der Waals surface area contributed by atoms with E-state index in [0.29, 0.717) is 16.5 Å². The van der Waals surface area contributed by atoms with Crippen molar-refractivity contribution in [1.29, 1.82) is 0 Å². The molecule has 0 bridgehead atoms. The Balaban J connectivity index is 1.83. The predicted molar refractivity (Wildman–Crippen MR) is 114 cm³/mol. The summed E-state index contributed by atoms with van der Waals surface area (Å²) < 4.78 is 37.7. The van der Waals surface area contributed by atoms with Crippen LogP contribution in [0.1, 0.15) is 23.6 Å². The second-order valence-corrected chi connectivity index (χ2v) is 9.12. The normalized spacial score (nSPS) is 12.7. The minimum Gasteiger partial charge on any atom is -0.424 e. The number of nitrogens with one attached hydrogen (secondary N) is 1. The van der Waals surface area contributed by atoms with E-state index in [1.54, 1.807) is 26.0 Å². The molecule has 3 aromatic rings. The van der Waals surface area contributed by atoms with Crippen LogP contribution < -0.4 is 15.1 Å². The number of rotatable bonds is 5. The van der Waals surface area contributed by atoms with Crippen molar-refractivity contribution in [1.82, 2.24) is 4.72 Å². The zero-order valence-electron chi connectivity index (χ0n) is 16.8. The minimum atomic E-state index is -3.92. The van der Waals surface area contributed by atoms with E-state index in [2.05, 4.69) is 4.72 Å². The number of ether oxygens (including phenoxy) is 1. The highest BCUT2D eigenvalue weighted by atomic mass is 35.5. The fourth-order valence-corrected chi connectivity index (χ4v) is 4.18. The highest BCUT2D eigenvalue weighted by Gasteiger charge is 2.24. The predicted octanol–water partition coefficient (Wildman–Crippen LogP) is 3.64. The number of benzene rings is 2. The van der Waals surface area contributed by atoms with Crippen LogP contribution in [0.3, 0.4) is 0 Å². The van der Waals surface area contributed by atoms with Crippen LogP contribution in [0.5, 0.6) is 5.75 Å². The second-order valence-electron chi connectivity index (χ2n) is 7.00. The molecule has 0 aliphatic rings. The standard InChI is InChI=1S/C21H20ClNO6S/c1-11-5-7-15(8-6-11)30(26,27)23-14(4)21(25)29-19-10-18-16(9-17(19)22)12(2)13(3)20(24)28-18/h5-10,14,23H,1-4H3. The highest BCUT2D eigenvalue weighted by Crippen LogP contribution is 2.32. The molecule has 1 atom stereocenters. The van der Waals surface area contributed by atoms with Crippen molar-refractivity contribution in [2.45, 2.75) is 38.6 Å². The van der Waals surface area contributed by atoms with Crippen LogP contribution in [-0.2, 0) is 14.8 Å². The van der Waals surface area contributed by atoms with Crippen molar-refractivity contribution in [3.05, 3.63) is 68.5 Å². The van der Waals surface area contributed by atoms with Crippen molar-refractivity contribution >= 4 is 38.6 Å². The van der Waals surface area contributed by atoms with Crippen molar-refractivity contribution in [3.63, 3.8) is 0 Å². The Morgan fingerprint density at radius 2 is 1.73 bits per heavy atom. The second kappa shape index (κ2) is 8.22. The number of hydrogen-bond acceptors (Lipinski definition) is 6. The number of carbonyl (C=O) groups is 1. The maximum absolute atomic E-state index is 12.5. The molecule has 0 saturated carbocycles. The molecular weight excluding hydrogens is 430 g/mol. The van der Waals surface area contributed by atoms with Crippen molar-refractivity contribution < 1.29 is 22.4 Å². The molecule has 1 heterocycles. The molecule has 7 nitrogen and oxygen atoms in total. The lowest BCUT2D eigenvalue weighted by Gasteiger charge is -2.15. The average molecular weight is 450 g/mol. The summed E-state index contributed by atoms with van der Waals surface area (Å²) in [6, 6.07) is 7.89. The Morgan fingerprint density at radius 3 is 2.37 bits per heavy atom. The Hall–Kier alpha value is -2.68. The van der Waals surface area contributed by atoms with Crippen molar-refractivity contribution in [3.8, 4) is 5.75 Å². The minimum absolute atomic E-state index is 0.0316. The van der Waals surface area contributed by atoms with Gasteiger partial charge in [0, 0.05) is 17.0 Å². The van der Waals surface area contributed by atoms with Gasteiger partial charge in [-0.3, -0.25) is 0 Å². The zero-order valence-corrected chi connectivity index (χ0v) is 18.3. The first kappa shape index (κ1) is 22.0. The average Bonchev–Trinajstić information content (AvgIpc) is 2.67. The molecule has 0 saturated heterocycles. The first-order valence-electron chi connectivity index (χ1n) is 9.04. The molecule has 158 valence electrons. The molecule has 1 aromatic heterocycles. The summed E-state index contributed by atoms with van der Waals surface area (Å²) in [6.45, 7) is 6.60. The third-order valence-electron chi connectivity index (χ3n) is 4.74. The van der Waals surface area contributed by atoms with Crippen LogP contribution in [0.2, 0.25) is 5.02 Å². The largest absolute Gasteiger partial charge is 0.424 e. The lowest BCUT2D eigenvalue weighted by atomic mass is 10.1. The topological polar surface area (TPSA) is 103 Å². The zero-order chi connectivity index (χ0) is 22.2. The van der Waals surface area contributed by atoms with Crippen LogP contribution in [0.4, 0.5) is 0 Å². The van der Waals surface area contributed by atoms with E-state index in [1.807, 2.05) is 6.92 Å². The van der Waals surface area contributed by atoms with Gasteiger partial charge in [0.15, 0.2) is 5.75 Å². The van der Waals surface area contributed by atoms with Gasteiger partial charge in [-0.15, -0.1) is 0 Å². The van der Waals surface area contributed by atoms with Gasteiger partial charge in [-0.1, -0.05) is 29.3 Å². The van der Waals surface area contributed by atoms with E-state index in [-0.39, 0.29) is 21.3 Å². The van der Waals surface area contributed by atoms with Gasteiger partial charge in [-0.2, -0.15) is 4.72 Å². The highest BCUT2D eigenvalue weighted by molar-refractivity contribution is 7.89. The third-order valence-corrected chi connectivity index (χ3v) is 6.59. The van der Waals surface area contributed by atoms with Gasteiger partial charge in [-0.25, -0.2) is 18.0 Å². The lowest BCUT2D eigenvalue weighted by molar-refractivity contribution is -0.135. The number of carbonyl (C=O) groups excluding carboxylic acids is 1. The van der Waals surface area contributed by atoms with E-state index < -0.39 is 27.7 Å². The van der Waals surface area contributed by atoms with Crippen LogP contribution >= 0.6 is 11.6 Å². The van der Waals surface area contributed by atoms with Crippen LogP contribution in [-0.4, -0.2) is 20.4 Å². The van der Waals surface area contributed by atoms with Crippen LogP contribution in [0.25, 0.3) is 11.0 Å². The quantitative estimate of drug-likeness (QED) is 0.362. The molecule has 3 rings (SSSR count). The maximum atomic E-state index is 12.5. The molecule has 9 heteroatoms. The van der Waals surface area contributed by atoms with E-state index in [0.717, 1.165) is 5.56 Å². The Bertz CT molecular complexity index is 1300. The third kappa shape index (κ3) is 4.40. The molecule has 0 radical (unpaired) electrons. The summed E-state index contributed by atoms with van der Waals surface area (Å²) in [5.74, 6) is -0.903. The molecule has 30 heavy (non-hydrogen) atoms. The summed E-state index contributed by atoms with van der Waals surface area (Å²) in [5, 5.41) is 0.741. The first-order valence-corrected chi connectivity index (χ1v) is 10.9. The monoisotopic (exact) mass is 449 g/mol. The summed E-state index contributed by atoms with van der Waals surface area (Å²) >= 11 is 6.22. The molecule has 1 unspecified atom stereocenters. The van der Waals surface area contributed by atoms with Crippen molar-refractivity contribution in [2.24, 2.45) is 0 Å². The molecule has 0 aliphatic heterocycles. The Morgan fingerprint density at radius 1 is 1.10 bits per heavy atom. The summed E-state index contributed by atoms with van der Waals surface area (Å²) in [7, 11) is -3.92. The molecule has 2 aromatic carbocycles. The summed E-state index contributed by atoms with van der Waals surface area (Å²) in [6.07, 6.45) is 0. The Kier molecular flexibility index (Phi) is 6.03. The van der Waals surface area contributed by atoms with Crippen LogP contribution in [0.15, 0.2) is 50.5 Å². The fraction of sp³-hybridized carbons (Fsp3) is 0.238. The Labute approximate surface area is 178 Å². The number of halogens is 1. The first-order chi connectivity index (χ1) is 14.0. The molecule has 0 fully saturated rings. The SMILES string of the molecule is Cc1ccc(S(=O)(=O)NC(C)C(=O)Oc2cc3oc(=O)c(C)c(C)c3cc2Cl)cc1. The number of fused-ring (bicyclic) bond motifs is 1. The fourth-order valence-electron chi connectivity index (χ4n) is 2.79. The van der Waals surface area contributed by atoms with E-state index in [9.17, 15) is 18.0 Å². The molecular formula is C21H20ClNO6S. The van der Waals surface area contributed by atoms with Gasteiger partial charge >= 0.3 is 11.6 Å². The summed E-state index contributed by atoms with van der Waals surface area (Å²) in [5.41, 5.74) is 1.79. The number of esters is 1. The van der Waals surface area contributed by atoms with Gasteiger partial charge in [0.2, 0.25) is 10.0 Å². The van der Waals surface area contributed by atoms with Gasteiger partial charge in [-0.05, 0) is 51.5 Å². The number of aryl methyl sites for hydroxylation is 2. The van der Waals surface area contributed by atoms with E-state index in [1.165, 1.54) is 31.2 Å². The summed E-state index contributed by atoms with van der Waals surface area (Å²) in [4.78, 5) is 24.4. The lowest BCUT2D eigenvalue weighted by Crippen LogP contribution is -2.40. The molecule has 1 N–H and O–H groups in total. The van der Waals surface area contributed by atoms with Gasteiger partial charge in [0.05, 0.1) is 9.92 Å². The van der Waals surface area contributed by atoms with Gasteiger partial charge in [0.25, 0.3) is 0 Å². The molecule has 0 amide bonds. The van der Waals surface area contributed by atoms with Gasteiger partial charge in [0.1, 0.15) is 11.6 Å². The smallest absolute Gasteiger partial charge is 0.339 e. The maximum Gasteiger partial charge on any atom is 0.339 e. The van der Waals surface area contributed by atoms with E-state index >= 15 is 0 Å². The van der Waals surface area contributed by atoms with Crippen molar-refractivity contribution in [2.75, 3.05) is 0 Å². The number of hydrogen-bond donors (Lipinski definition) is 1. The molecule has 0 spiro atoms. The van der Waals surface area contributed by atoms with E-state index in [4.69, 9.17) is 20.8 Å². The number of sulfonamides is 1. The van der Waals surface area contributed by atoms with Crippen LogP contribution in [0, 0.1) is 20.8 Å². The van der Waals surface area contributed by atoms with Gasteiger partial charge < -0.3 is 9.15 Å².